The highest BCUT2D eigenvalue weighted by Gasteiger charge is 2.43. The topological polar surface area (TPSA) is 54.9 Å². The Bertz CT molecular complexity index is 959. The minimum absolute atomic E-state index is 0.0879. The lowest BCUT2D eigenvalue weighted by molar-refractivity contribution is -0.117. The largest absolute Gasteiger partial charge is 0.302 e. The number of fused-ring (bicyclic) bond motifs is 1. The Morgan fingerprint density at radius 1 is 1.32 bits per heavy atom. The average molecular weight is 363 g/mol. The molecule has 0 spiro atoms. The van der Waals surface area contributed by atoms with Crippen molar-refractivity contribution in [3.63, 3.8) is 0 Å². The molecule has 1 saturated carbocycles. The van der Waals surface area contributed by atoms with E-state index in [4.69, 9.17) is 0 Å². The van der Waals surface area contributed by atoms with E-state index in [0.29, 0.717) is 21.8 Å². The lowest BCUT2D eigenvalue weighted by Gasteiger charge is -2.07. The van der Waals surface area contributed by atoms with Crippen molar-refractivity contribution in [2.75, 3.05) is 5.32 Å². The first kappa shape index (κ1) is 16.0. The zero-order valence-electron chi connectivity index (χ0n) is 12.7. The number of carbonyl (C=O) groups excluding carboxylic acids is 1. The molecule has 1 aliphatic rings. The molecule has 1 aromatic carbocycles. The summed E-state index contributed by atoms with van der Waals surface area (Å²) >= 11 is 1.22. The fraction of sp³-hybridized carbons (Fsp3) is 0.235. The molecule has 2 unspecified atom stereocenters. The Hall–Kier alpha value is -2.48. The molecule has 2 aromatic heterocycles. The monoisotopic (exact) mass is 363 g/mol. The van der Waals surface area contributed by atoms with Gasteiger partial charge in [0.15, 0.2) is 5.13 Å². The number of carbonyl (C=O) groups is 1. The first-order valence-corrected chi connectivity index (χ1v) is 8.42. The van der Waals surface area contributed by atoms with E-state index in [1.54, 1.807) is 18.2 Å². The number of benzene rings is 1. The minimum atomic E-state index is -2.60. The van der Waals surface area contributed by atoms with Crippen molar-refractivity contribution >= 4 is 32.6 Å². The molecule has 0 radical (unpaired) electrons. The van der Waals surface area contributed by atoms with Crippen LogP contribution in [0.5, 0.6) is 0 Å². The number of pyridine rings is 1. The fourth-order valence-corrected chi connectivity index (χ4v) is 3.52. The van der Waals surface area contributed by atoms with Gasteiger partial charge < -0.3 is 5.32 Å². The highest BCUT2D eigenvalue weighted by Crippen LogP contribution is 2.37. The van der Waals surface area contributed by atoms with Crippen LogP contribution in [0.2, 0.25) is 0 Å². The summed E-state index contributed by atoms with van der Waals surface area (Å²) in [7, 11) is 0. The molecule has 0 bridgehead atoms. The van der Waals surface area contributed by atoms with Gasteiger partial charge in [-0.3, -0.25) is 9.78 Å². The minimum Gasteiger partial charge on any atom is -0.302 e. The Balaban J connectivity index is 1.66. The molecule has 25 heavy (non-hydrogen) atoms. The second-order valence-corrected chi connectivity index (χ2v) is 6.84. The number of halogens is 3. The van der Waals surface area contributed by atoms with E-state index in [-0.39, 0.29) is 17.9 Å². The van der Waals surface area contributed by atoms with E-state index in [0.717, 1.165) is 4.70 Å². The van der Waals surface area contributed by atoms with E-state index in [9.17, 15) is 18.0 Å². The smallest absolute Gasteiger partial charge is 0.264 e. The van der Waals surface area contributed by atoms with E-state index in [1.165, 1.54) is 29.8 Å². The molecule has 1 N–H and O–H groups in total. The summed E-state index contributed by atoms with van der Waals surface area (Å²) in [5.74, 6) is -0.967. The van der Waals surface area contributed by atoms with Crippen molar-refractivity contribution < 1.29 is 18.0 Å². The molecule has 1 fully saturated rings. The molecule has 0 saturated heterocycles. The van der Waals surface area contributed by atoms with Crippen molar-refractivity contribution in [3.8, 4) is 11.1 Å². The number of thiazole rings is 1. The summed E-state index contributed by atoms with van der Waals surface area (Å²) in [5, 5.41) is 2.98. The summed E-state index contributed by atoms with van der Waals surface area (Å²) in [6, 6.07) is 6.43. The van der Waals surface area contributed by atoms with E-state index in [1.807, 2.05) is 0 Å². The van der Waals surface area contributed by atoms with E-state index in [2.05, 4.69) is 15.3 Å². The predicted molar refractivity (Wildman–Crippen MR) is 89.4 cm³/mol. The van der Waals surface area contributed by atoms with Crippen molar-refractivity contribution in [1.82, 2.24) is 9.97 Å². The SMILES string of the molecule is O=C(Nc1nc2ccc(-c3cnccc3C(F)F)cc2s1)C1CC1F. The van der Waals surface area contributed by atoms with Crippen LogP contribution in [0.15, 0.2) is 36.7 Å². The van der Waals surface area contributed by atoms with Gasteiger partial charge >= 0.3 is 0 Å². The summed E-state index contributed by atoms with van der Waals surface area (Å²) in [4.78, 5) is 20.0. The van der Waals surface area contributed by atoms with Crippen molar-refractivity contribution in [2.45, 2.75) is 19.0 Å². The van der Waals surface area contributed by atoms with Gasteiger partial charge in [0, 0.05) is 23.5 Å². The van der Waals surface area contributed by atoms with Gasteiger partial charge in [0.1, 0.15) is 6.17 Å². The first-order chi connectivity index (χ1) is 12.0. The highest BCUT2D eigenvalue weighted by atomic mass is 32.1. The summed E-state index contributed by atoms with van der Waals surface area (Å²) in [5.41, 5.74) is 1.51. The molecule has 0 aliphatic heterocycles. The van der Waals surface area contributed by atoms with Gasteiger partial charge in [-0.1, -0.05) is 17.4 Å². The van der Waals surface area contributed by atoms with Crippen LogP contribution in [0.3, 0.4) is 0 Å². The number of amides is 1. The number of hydrogen-bond acceptors (Lipinski definition) is 4. The number of aromatic nitrogens is 2. The van der Waals surface area contributed by atoms with Gasteiger partial charge in [-0.25, -0.2) is 18.2 Å². The zero-order chi connectivity index (χ0) is 17.6. The van der Waals surface area contributed by atoms with Crippen LogP contribution >= 0.6 is 11.3 Å². The second kappa shape index (κ2) is 6.11. The van der Waals surface area contributed by atoms with E-state index < -0.39 is 18.5 Å². The van der Waals surface area contributed by atoms with Crippen LogP contribution in [0.25, 0.3) is 21.3 Å². The fourth-order valence-electron chi connectivity index (χ4n) is 2.62. The molecular weight excluding hydrogens is 351 g/mol. The van der Waals surface area contributed by atoms with Gasteiger partial charge in [0.05, 0.1) is 16.1 Å². The Kier molecular flexibility index (Phi) is 3.91. The molecule has 8 heteroatoms. The van der Waals surface area contributed by atoms with Crippen LogP contribution in [-0.4, -0.2) is 22.0 Å². The molecule has 1 amide bonds. The van der Waals surface area contributed by atoms with Crippen molar-refractivity contribution in [1.29, 1.82) is 0 Å². The lowest BCUT2D eigenvalue weighted by atomic mass is 10.0. The lowest BCUT2D eigenvalue weighted by Crippen LogP contribution is -2.14. The molecule has 4 rings (SSSR count). The molecule has 2 heterocycles. The van der Waals surface area contributed by atoms with Crippen LogP contribution < -0.4 is 5.32 Å². The normalized spacial score (nSPS) is 19.4. The van der Waals surface area contributed by atoms with Gasteiger partial charge in [-0.05, 0) is 30.2 Å². The zero-order valence-corrected chi connectivity index (χ0v) is 13.6. The molecular formula is C17H12F3N3OS. The first-order valence-electron chi connectivity index (χ1n) is 7.61. The molecule has 128 valence electrons. The summed E-state index contributed by atoms with van der Waals surface area (Å²) in [6.45, 7) is 0. The second-order valence-electron chi connectivity index (χ2n) is 5.81. The maximum atomic E-state index is 13.2. The maximum absolute atomic E-state index is 13.2. The van der Waals surface area contributed by atoms with Crippen LogP contribution in [0, 0.1) is 5.92 Å². The average Bonchev–Trinajstić information content (AvgIpc) is 3.20. The Labute approximate surface area is 144 Å². The number of nitrogens with zero attached hydrogens (tertiary/aromatic N) is 2. The Morgan fingerprint density at radius 3 is 2.84 bits per heavy atom. The number of anilines is 1. The van der Waals surface area contributed by atoms with Crippen molar-refractivity contribution in [3.05, 3.63) is 42.2 Å². The predicted octanol–water partition coefficient (Wildman–Crippen LogP) is 4.59. The number of hydrogen-bond donors (Lipinski definition) is 1. The van der Waals surface area contributed by atoms with Gasteiger partial charge in [0.2, 0.25) is 5.91 Å². The molecule has 4 nitrogen and oxygen atoms in total. The third-order valence-electron chi connectivity index (χ3n) is 4.07. The quantitative estimate of drug-likeness (QED) is 0.737. The van der Waals surface area contributed by atoms with E-state index >= 15 is 0 Å². The van der Waals surface area contributed by atoms with Crippen LogP contribution in [0.4, 0.5) is 18.3 Å². The number of alkyl halides is 3. The molecule has 3 aromatic rings. The third kappa shape index (κ3) is 3.09. The standard InChI is InChI=1S/C17H12F3N3OS/c18-12-6-10(12)16(24)23-17-22-13-2-1-8(5-14(13)25-17)11-7-21-4-3-9(11)15(19)20/h1-5,7,10,12,15H,6H2,(H,22,23,24). The maximum Gasteiger partial charge on any atom is 0.264 e. The molecule has 2 atom stereocenters. The number of rotatable bonds is 4. The summed E-state index contributed by atoms with van der Waals surface area (Å²) < 4.78 is 40.0. The highest BCUT2D eigenvalue weighted by molar-refractivity contribution is 7.22. The van der Waals surface area contributed by atoms with Gasteiger partial charge in [-0.15, -0.1) is 0 Å². The van der Waals surface area contributed by atoms with Crippen LogP contribution in [0.1, 0.15) is 18.4 Å². The Morgan fingerprint density at radius 2 is 2.12 bits per heavy atom. The summed E-state index contributed by atoms with van der Waals surface area (Å²) in [6.07, 6.45) is -0.685. The molecule has 1 aliphatic carbocycles. The van der Waals surface area contributed by atoms with Crippen molar-refractivity contribution in [2.24, 2.45) is 5.92 Å². The third-order valence-corrected chi connectivity index (χ3v) is 5.00. The van der Waals surface area contributed by atoms with Crippen LogP contribution in [-0.2, 0) is 4.79 Å². The van der Waals surface area contributed by atoms with Gasteiger partial charge in [0.25, 0.3) is 6.43 Å². The number of nitrogens with one attached hydrogen (secondary N) is 1. The van der Waals surface area contributed by atoms with Gasteiger partial charge in [-0.2, -0.15) is 0 Å².